The molecule has 0 saturated heterocycles. The highest BCUT2D eigenvalue weighted by atomic mass is 79.9. The van der Waals surface area contributed by atoms with Crippen LogP contribution in [0.1, 0.15) is 11.1 Å². The van der Waals surface area contributed by atoms with E-state index in [4.69, 9.17) is 10.5 Å². The van der Waals surface area contributed by atoms with Gasteiger partial charge in [0.25, 0.3) is 0 Å². The first-order valence-corrected chi connectivity index (χ1v) is 8.01. The van der Waals surface area contributed by atoms with Crippen molar-refractivity contribution in [1.82, 2.24) is 0 Å². The Kier molecular flexibility index (Phi) is 4.05. The van der Waals surface area contributed by atoms with Crippen LogP contribution in [0, 0.1) is 0 Å². The van der Waals surface area contributed by atoms with Crippen LogP contribution in [0.25, 0.3) is 10.1 Å². The van der Waals surface area contributed by atoms with Crippen molar-refractivity contribution in [2.24, 2.45) is 5.73 Å². The molecule has 1 heterocycles. The molecule has 20 heavy (non-hydrogen) atoms. The summed E-state index contributed by atoms with van der Waals surface area (Å²) in [6.45, 7) is 1.08. The Bertz CT molecular complexity index is 738. The van der Waals surface area contributed by atoms with E-state index >= 15 is 0 Å². The fourth-order valence-corrected chi connectivity index (χ4v) is 3.46. The zero-order chi connectivity index (χ0) is 13.9. The largest absolute Gasteiger partial charge is 0.489 e. The molecule has 0 spiro atoms. The first kappa shape index (κ1) is 13.6. The zero-order valence-electron chi connectivity index (χ0n) is 10.8. The number of ether oxygens (including phenoxy) is 1. The molecule has 0 amide bonds. The van der Waals surface area contributed by atoms with Crippen LogP contribution in [0.5, 0.6) is 5.75 Å². The van der Waals surface area contributed by atoms with E-state index in [0.717, 1.165) is 15.8 Å². The maximum Gasteiger partial charge on any atom is 0.120 e. The zero-order valence-corrected chi connectivity index (χ0v) is 13.2. The summed E-state index contributed by atoms with van der Waals surface area (Å²) in [6, 6.07) is 14.3. The van der Waals surface area contributed by atoms with E-state index < -0.39 is 0 Å². The summed E-state index contributed by atoms with van der Waals surface area (Å²) in [5.41, 5.74) is 7.98. The number of thiophene rings is 1. The maximum absolute atomic E-state index is 5.89. The van der Waals surface area contributed by atoms with E-state index in [2.05, 4.69) is 45.6 Å². The van der Waals surface area contributed by atoms with Crippen molar-refractivity contribution < 1.29 is 4.74 Å². The van der Waals surface area contributed by atoms with E-state index in [1.165, 1.54) is 15.6 Å². The second-order valence-electron chi connectivity index (χ2n) is 4.50. The Morgan fingerprint density at radius 2 is 1.95 bits per heavy atom. The van der Waals surface area contributed by atoms with Crippen LogP contribution in [-0.4, -0.2) is 0 Å². The smallest absolute Gasteiger partial charge is 0.120 e. The Morgan fingerprint density at radius 3 is 2.80 bits per heavy atom. The lowest BCUT2D eigenvalue weighted by atomic mass is 10.2. The molecule has 0 aliphatic rings. The molecular formula is C16H14BrNOS. The molecule has 0 radical (unpaired) electrons. The summed E-state index contributed by atoms with van der Waals surface area (Å²) in [7, 11) is 0. The van der Waals surface area contributed by atoms with Crippen molar-refractivity contribution in [1.29, 1.82) is 0 Å². The predicted octanol–water partition coefficient (Wildman–Crippen LogP) is 4.70. The lowest BCUT2D eigenvalue weighted by Gasteiger charge is -2.08. The standard InChI is InChI=1S/C16H14BrNOS/c17-15-6-5-13(7-11(15)8-18)19-9-12-10-20-16-4-2-1-3-14(12)16/h1-7,10H,8-9,18H2. The fourth-order valence-electron chi connectivity index (χ4n) is 2.10. The topological polar surface area (TPSA) is 35.2 Å². The summed E-state index contributed by atoms with van der Waals surface area (Å²) >= 11 is 5.23. The molecule has 4 heteroatoms. The first-order valence-electron chi connectivity index (χ1n) is 6.34. The molecule has 0 aliphatic carbocycles. The van der Waals surface area contributed by atoms with Gasteiger partial charge in [0.15, 0.2) is 0 Å². The van der Waals surface area contributed by atoms with Gasteiger partial charge in [0.1, 0.15) is 12.4 Å². The van der Waals surface area contributed by atoms with Gasteiger partial charge in [-0.2, -0.15) is 0 Å². The van der Waals surface area contributed by atoms with Crippen molar-refractivity contribution in [3.8, 4) is 5.75 Å². The second kappa shape index (κ2) is 5.95. The Morgan fingerprint density at radius 1 is 1.10 bits per heavy atom. The highest BCUT2D eigenvalue weighted by Crippen LogP contribution is 2.28. The highest BCUT2D eigenvalue weighted by Gasteiger charge is 2.05. The quantitative estimate of drug-likeness (QED) is 0.742. The van der Waals surface area contributed by atoms with E-state index in [9.17, 15) is 0 Å². The monoisotopic (exact) mass is 347 g/mol. The van der Waals surface area contributed by atoms with Gasteiger partial charge in [-0.15, -0.1) is 11.3 Å². The maximum atomic E-state index is 5.89. The lowest BCUT2D eigenvalue weighted by Crippen LogP contribution is -1.99. The number of halogens is 1. The van der Waals surface area contributed by atoms with Crippen LogP contribution in [0.2, 0.25) is 0 Å². The van der Waals surface area contributed by atoms with Crippen LogP contribution in [0.4, 0.5) is 0 Å². The van der Waals surface area contributed by atoms with Gasteiger partial charge in [-0.25, -0.2) is 0 Å². The van der Waals surface area contributed by atoms with Crippen LogP contribution in [-0.2, 0) is 13.2 Å². The average Bonchev–Trinajstić information content (AvgIpc) is 2.90. The van der Waals surface area contributed by atoms with Gasteiger partial charge >= 0.3 is 0 Å². The fraction of sp³-hybridized carbons (Fsp3) is 0.125. The molecule has 0 saturated carbocycles. The summed E-state index contributed by atoms with van der Waals surface area (Å²) in [6.07, 6.45) is 0. The minimum absolute atomic E-state index is 0.499. The van der Waals surface area contributed by atoms with E-state index in [1.807, 2.05) is 18.2 Å². The van der Waals surface area contributed by atoms with Gasteiger partial charge in [0.2, 0.25) is 0 Å². The predicted molar refractivity (Wildman–Crippen MR) is 88.2 cm³/mol. The first-order chi connectivity index (χ1) is 9.78. The van der Waals surface area contributed by atoms with Crippen LogP contribution < -0.4 is 10.5 Å². The molecule has 102 valence electrons. The number of nitrogens with two attached hydrogens (primary N) is 1. The molecule has 2 nitrogen and oxygen atoms in total. The van der Waals surface area contributed by atoms with Crippen molar-refractivity contribution in [2.75, 3.05) is 0 Å². The summed E-state index contributed by atoms with van der Waals surface area (Å²) in [4.78, 5) is 0. The number of hydrogen-bond acceptors (Lipinski definition) is 3. The van der Waals surface area contributed by atoms with Crippen molar-refractivity contribution in [2.45, 2.75) is 13.2 Å². The molecule has 0 fully saturated rings. The Balaban J connectivity index is 1.79. The van der Waals surface area contributed by atoms with Gasteiger partial charge in [-0.3, -0.25) is 0 Å². The van der Waals surface area contributed by atoms with Crippen LogP contribution >= 0.6 is 27.3 Å². The molecule has 2 aromatic carbocycles. The van der Waals surface area contributed by atoms with Gasteiger partial charge in [-0.05, 0) is 40.6 Å². The van der Waals surface area contributed by atoms with Gasteiger partial charge in [0.05, 0.1) is 0 Å². The third-order valence-electron chi connectivity index (χ3n) is 3.19. The number of rotatable bonds is 4. The summed E-state index contributed by atoms with van der Waals surface area (Å²) in [5, 5.41) is 3.43. The SMILES string of the molecule is NCc1cc(OCc2csc3ccccc23)ccc1Br. The van der Waals surface area contributed by atoms with E-state index in [-0.39, 0.29) is 0 Å². The minimum Gasteiger partial charge on any atom is -0.489 e. The number of benzene rings is 2. The average molecular weight is 348 g/mol. The van der Waals surface area contributed by atoms with Gasteiger partial charge in [-0.1, -0.05) is 34.1 Å². The minimum atomic E-state index is 0.499. The normalized spacial score (nSPS) is 10.9. The van der Waals surface area contributed by atoms with Crippen molar-refractivity contribution >= 4 is 37.4 Å². The molecule has 0 bridgehead atoms. The Hall–Kier alpha value is -1.36. The summed E-state index contributed by atoms with van der Waals surface area (Å²) in [5.74, 6) is 0.851. The number of hydrogen-bond donors (Lipinski definition) is 1. The van der Waals surface area contributed by atoms with Gasteiger partial charge in [0, 0.05) is 21.3 Å². The lowest BCUT2D eigenvalue weighted by molar-refractivity contribution is 0.307. The van der Waals surface area contributed by atoms with Crippen molar-refractivity contribution in [3.63, 3.8) is 0 Å². The molecule has 0 atom stereocenters. The summed E-state index contributed by atoms with van der Waals surface area (Å²) < 4.78 is 8.20. The molecule has 0 aliphatic heterocycles. The highest BCUT2D eigenvalue weighted by molar-refractivity contribution is 9.10. The molecule has 0 unspecified atom stereocenters. The van der Waals surface area contributed by atoms with E-state index in [1.54, 1.807) is 11.3 Å². The molecule has 3 rings (SSSR count). The Labute approximate surface area is 130 Å². The molecular weight excluding hydrogens is 334 g/mol. The van der Waals surface area contributed by atoms with E-state index in [0.29, 0.717) is 13.2 Å². The molecule has 2 N–H and O–H groups in total. The van der Waals surface area contributed by atoms with Crippen LogP contribution in [0.3, 0.4) is 0 Å². The van der Waals surface area contributed by atoms with Crippen LogP contribution in [0.15, 0.2) is 52.3 Å². The third-order valence-corrected chi connectivity index (χ3v) is 4.98. The molecule has 3 aromatic rings. The van der Waals surface area contributed by atoms with Gasteiger partial charge < -0.3 is 10.5 Å². The van der Waals surface area contributed by atoms with Crippen molar-refractivity contribution in [3.05, 3.63) is 63.4 Å². The number of fused-ring (bicyclic) bond motifs is 1. The third kappa shape index (κ3) is 2.73. The molecule has 1 aromatic heterocycles. The second-order valence-corrected chi connectivity index (χ2v) is 6.27.